The lowest BCUT2D eigenvalue weighted by molar-refractivity contribution is -0.118. The third kappa shape index (κ3) is 3.98. The number of phenolic OH excluding ortho intramolecular Hbond substituents is 1. The number of carbonyl (C=O) groups is 2. The van der Waals surface area contributed by atoms with Gasteiger partial charge in [0, 0.05) is 31.9 Å². The van der Waals surface area contributed by atoms with Crippen LogP contribution in [0.1, 0.15) is 34.6 Å². The van der Waals surface area contributed by atoms with Crippen molar-refractivity contribution in [1.82, 2.24) is 14.7 Å². The molecule has 0 fully saturated rings. The minimum Gasteiger partial charge on any atom is -0.508 e. The van der Waals surface area contributed by atoms with E-state index in [9.17, 15) is 14.7 Å². The van der Waals surface area contributed by atoms with Crippen LogP contribution < -0.4 is 10.2 Å². The van der Waals surface area contributed by atoms with Crippen LogP contribution in [-0.2, 0) is 4.79 Å². The third-order valence-electron chi connectivity index (χ3n) is 4.70. The molecule has 0 saturated heterocycles. The number of fused-ring (bicyclic) bond motifs is 1. The molecule has 2 aromatic heterocycles. The zero-order valence-electron chi connectivity index (χ0n) is 16.3. The second-order valence-corrected chi connectivity index (χ2v) is 6.76. The van der Waals surface area contributed by atoms with Crippen molar-refractivity contribution in [3.05, 3.63) is 59.5 Å². The lowest BCUT2D eigenvalue weighted by Crippen LogP contribution is -2.29. The normalized spacial score (nSPS) is 10.8. The number of aromatic nitrogens is 2. The fraction of sp³-hybridized carbons (Fsp3) is 0.286. The number of hydrogen-bond donors (Lipinski definition) is 2. The summed E-state index contributed by atoms with van der Waals surface area (Å²) in [5.41, 5.74) is 3.69. The second-order valence-electron chi connectivity index (χ2n) is 6.76. The van der Waals surface area contributed by atoms with Gasteiger partial charge in [0.25, 0.3) is 5.91 Å². The van der Waals surface area contributed by atoms with Crippen molar-refractivity contribution in [2.24, 2.45) is 0 Å². The Bertz CT molecular complexity index is 1010. The molecular formula is C21H24N4O3. The van der Waals surface area contributed by atoms with Gasteiger partial charge in [-0.15, -0.1) is 0 Å². The summed E-state index contributed by atoms with van der Waals surface area (Å²) in [5.74, 6) is -0.0957. The molecule has 2 heterocycles. The Hall–Kier alpha value is -3.35. The van der Waals surface area contributed by atoms with Crippen molar-refractivity contribution < 1.29 is 14.7 Å². The zero-order valence-corrected chi connectivity index (χ0v) is 16.3. The van der Waals surface area contributed by atoms with Gasteiger partial charge in [0.15, 0.2) is 0 Å². The number of phenols is 1. The van der Waals surface area contributed by atoms with Crippen molar-refractivity contribution in [2.45, 2.75) is 26.7 Å². The van der Waals surface area contributed by atoms with Crippen LogP contribution in [0.15, 0.2) is 42.6 Å². The highest BCUT2D eigenvalue weighted by atomic mass is 16.3. The van der Waals surface area contributed by atoms with E-state index < -0.39 is 0 Å². The van der Waals surface area contributed by atoms with Crippen LogP contribution in [0.5, 0.6) is 5.75 Å². The topological polar surface area (TPSA) is 86.9 Å². The highest BCUT2D eigenvalue weighted by Gasteiger charge is 2.17. The van der Waals surface area contributed by atoms with Gasteiger partial charge in [-0.05, 0) is 56.2 Å². The van der Waals surface area contributed by atoms with Gasteiger partial charge in [-0.25, -0.2) is 4.98 Å². The molecule has 0 spiro atoms. The van der Waals surface area contributed by atoms with E-state index in [1.807, 2.05) is 32.2 Å². The number of aryl methyl sites for hydroxylation is 2. The van der Waals surface area contributed by atoms with Gasteiger partial charge in [0.1, 0.15) is 17.1 Å². The second kappa shape index (κ2) is 8.12. The van der Waals surface area contributed by atoms with Gasteiger partial charge in [-0.2, -0.15) is 0 Å². The minimum atomic E-state index is -0.199. The molecule has 1 aromatic carbocycles. The zero-order chi connectivity index (χ0) is 20.3. The molecule has 7 heteroatoms. The van der Waals surface area contributed by atoms with E-state index in [4.69, 9.17) is 0 Å². The third-order valence-corrected chi connectivity index (χ3v) is 4.70. The maximum Gasteiger partial charge on any atom is 0.270 e. The highest BCUT2D eigenvalue weighted by molar-refractivity contribution is 5.95. The number of nitrogens with zero attached hydrogens (tertiary/aromatic N) is 3. The predicted molar refractivity (Wildman–Crippen MR) is 108 cm³/mol. The minimum absolute atomic E-state index is 0.0541. The number of anilines is 1. The number of benzene rings is 1. The average Bonchev–Trinajstić information content (AvgIpc) is 3.02. The molecule has 0 atom stereocenters. The largest absolute Gasteiger partial charge is 0.508 e. The molecule has 0 aliphatic rings. The Kier molecular flexibility index (Phi) is 5.63. The maximum absolute atomic E-state index is 12.6. The molecule has 7 nitrogen and oxygen atoms in total. The first-order valence-electron chi connectivity index (χ1n) is 9.16. The number of rotatable bonds is 6. The smallest absolute Gasteiger partial charge is 0.270 e. The molecule has 0 aliphatic carbocycles. The first kappa shape index (κ1) is 19.4. The number of nitrogens with one attached hydrogen (secondary N) is 1. The SMILES string of the molecule is Cc1nc2c(C)cccn2c1C(=O)NCCCC(=O)N(C)c1ccc(O)cc1. The quantitative estimate of drug-likeness (QED) is 0.644. The summed E-state index contributed by atoms with van der Waals surface area (Å²) in [6.07, 6.45) is 2.66. The van der Waals surface area contributed by atoms with Crippen LogP contribution in [0.25, 0.3) is 5.65 Å². The summed E-state index contributed by atoms with van der Waals surface area (Å²) in [4.78, 5) is 30.9. The summed E-state index contributed by atoms with van der Waals surface area (Å²) in [6.45, 7) is 4.17. The average molecular weight is 380 g/mol. The Morgan fingerprint density at radius 2 is 1.89 bits per heavy atom. The molecule has 0 saturated carbocycles. The van der Waals surface area contributed by atoms with Gasteiger partial charge in [-0.3, -0.25) is 14.0 Å². The summed E-state index contributed by atoms with van der Waals surface area (Å²) in [5, 5.41) is 12.2. The van der Waals surface area contributed by atoms with Crippen molar-refractivity contribution in [3.63, 3.8) is 0 Å². The van der Waals surface area contributed by atoms with E-state index >= 15 is 0 Å². The van der Waals surface area contributed by atoms with E-state index in [2.05, 4.69) is 10.3 Å². The first-order valence-corrected chi connectivity index (χ1v) is 9.16. The molecule has 3 aromatic rings. The monoisotopic (exact) mass is 380 g/mol. The van der Waals surface area contributed by atoms with E-state index in [1.54, 1.807) is 40.6 Å². The van der Waals surface area contributed by atoms with Crippen molar-refractivity contribution in [2.75, 3.05) is 18.5 Å². The Morgan fingerprint density at radius 1 is 1.18 bits per heavy atom. The van der Waals surface area contributed by atoms with Gasteiger partial charge in [0.05, 0.1) is 5.69 Å². The van der Waals surface area contributed by atoms with Gasteiger partial charge >= 0.3 is 0 Å². The Labute approximate surface area is 163 Å². The van der Waals surface area contributed by atoms with Gasteiger partial charge in [-0.1, -0.05) is 6.07 Å². The molecule has 146 valence electrons. The standard InChI is InChI=1S/C21H24N4O3/c1-14-6-5-13-25-19(15(2)23-20(14)25)21(28)22-12-4-7-18(27)24(3)16-8-10-17(26)11-9-16/h5-6,8-11,13,26H,4,7,12H2,1-3H3,(H,22,28). The summed E-state index contributed by atoms with van der Waals surface area (Å²) < 4.78 is 1.80. The van der Waals surface area contributed by atoms with E-state index in [0.717, 1.165) is 11.2 Å². The molecule has 28 heavy (non-hydrogen) atoms. The fourth-order valence-corrected chi connectivity index (χ4v) is 3.10. The van der Waals surface area contributed by atoms with Crippen LogP contribution in [0.2, 0.25) is 0 Å². The summed E-state index contributed by atoms with van der Waals surface area (Å²) in [6, 6.07) is 10.3. The van der Waals surface area contributed by atoms with Crippen molar-refractivity contribution in [1.29, 1.82) is 0 Å². The molecule has 0 radical (unpaired) electrons. The lowest BCUT2D eigenvalue weighted by atomic mass is 10.2. The van der Waals surface area contributed by atoms with Gasteiger partial charge in [0.2, 0.25) is 5.91 Å². The van der Waals surface area contributed by atoms with Gasteiger partial charge < -0.3 is 15.3 Å². The molecule has 0 aliphatic heterocycles. The summed E-state index contributed by atoms with van der Waals surface area (Å²) >= 11 is 0. The molecular weight excluding hydrogens is 356 g/mol. The van der Waals surface area contributed by atoms with Crippen LogP contribution in [0.4, 0.5) is 5.69 Å². The van der Waals surface area contributed by atoms with Crippen LogP contribution in [0.3, 0.4) is 0 Å². The van der Waals surface area contributed by atoms with Crippen molar-refractivity contribution >= 4 is 23.1 Å². The molecule has 0 unspecified atom stereocenters. The lowest BCUT2D eigenvalue weighted by Gasteiger charge is -2.17. The van der Waals surface area contributed by atoms with E-state index in [-0.39, 0.29) is 17.6 Å². The number of amides is 2. The Morgan fingerprint density at radius 3 is 2.61 bits per heavy atom. The predicted octanol–water partition coefficient (Wildman–Crippen LogP) is 2.83. The van der Waals surface area contributed by atoms with Crippen LogP contribution in [-0.4, -0.2) is 39.9 Å². The number of hydrogen-bond acceptors (Lipinski definition) is 4. The number of aromatic hydroxyl groups is 1. The molecule has 0 bridgehead atoms. The number of pyridine rings is 1. The Balaban J connectivity index is 1.55. The molecule has 3 rings (SSSR count). The molecule has 2 amide bonds. The first-order chi connectivity index (χ1) is 13.4. The number of carbonyl (C=O) groups excluding carboxylic acids is 2. The van der Waals surface area contributed by atoms with Crippen molar-refractivity contribution in [3.8, 4) is 5.75 Å². The number of imidazole rings is 1. The molecule has 2 N–H and O–H groups in total. The fourth-order valence-electron chi connectivity index (χ4n) is 3.10. The van der Waals surface area contributed by atoms with E-state index in [0.29, 0.717) is 36.5 Å². The van der Waals surface area contributed by atoms with Crippen LogP contribution in [0, 0.1) is 13.8 Å². The van der Waals surface area contributed by atoms with E-state index in [1.165, 1.54) is 0 Å². The highest BCUT2D eigenvalue weighted by Crippen LogP contribution is 2.18. The maximum atomic E-state index is 12.6. The van der Waals surface area contributed by atoms with Crippen LogP contribution >= 0.6 is 0 Å². The summed E-state index contributed by atoms with van der Waals surface area (Å²) in [7, 11) is 1.69.